The number of hydrogen-bond donors (Lipinski definition) is 2. The highest BCUT2D eigenvalue weighted by Crippen LogP contribution is 2.36. The highest BCUT2D eigenvalue weighted by Gasteiger charge is 2.21. The molecule has 0 saturated heterocycles. The van der Waals surface area contributed by atoms with Crippen molar-refractivity contribution >= 4 is 27.2 Å². The number of aliphatic hydroxyl groups excluding tert-OH is 1. The number of fused-ring (bicyclic) bond motifs is 1. The molecule has 0 amide bonds. The summed E-state index contributed by atoms with van der Waals surface area (Å²) in [7, 11) is 0. The monoisotopic (exact) mass is 253 g/mol. The van der Waals surface area contributed by atoms with Crippen molar-refractivity contribution in [2.45, 2.75) is 17.7 Å². The van der Waals surface area contributed by atoms with Crippen LogP contribution in [0.1, 0.15) is 17.5 Å². The normalized spacial score (nSPS) is 23.5. The van der Waals surface area contributed by atoms with Crippen LogP contribution in [0.15, 0.2) is 24.5 Å². The van der Waals surface area contributed by atoms with Gasteiger partial charge in [0.2, 0.25) is 0 Å². The fraction of sp³-hybridized carbons (Fsp3) is 0.273. The number of aliphatic hydroxyl groups is 1. The van der Waals surface area contributed by atoms with Crippen LogP contribution in [0.5, 0.6) is 0 Å². The van der Waals surface area contributed by atoms with Crippen LogP contribution in [-0.4, -0.2) is 9.93 Å². The summed E-state index contributed by atoms with van der Waals surface area (Å²) in [5, 5.41) is 9.12. The van der Waals surface area contributed by atoms with Gasteiger partial charge >= 0.3 is 0 Å². The molecule has 2 nitrogen and oxygen atoms in total. The molecule has 3 heteroatoms. The Hall–Kier alpha value is -0.960. The van der Waals surface area contributed by atoms with Gasteiger partial charge in [0.1, 0.15) is 0 Å². The van der Waals surface area contributed by atoms with E-state index in [9.17, 15) is 0 Å². The summed E-state index contributed by atoms with van der Waals surface area (Å²) in [6, 6.07) is 5.83. The molecule has 1 aliphatic carbocycles. The average molecular weight is 254 g/mol. The number of anilines is 1. The summed E-state index contributed by atoms with van der Waals surface area (Å²) >= 11 is 3.57. The van der Waals surface area contributed by atoms with Gasteiger partial charge in [-0.05, 0) is 35.6 Å². The molecule has 0 spiro atoms. The molecule has 14 heavy (non-hydrogen) atoms. The predicted molar refractivity (Wildman–Crippen MR) is 62.5 cm³/mol. The molecule has 3 N–H and O–H groups in total. The summed E-state index contributed by atoms with van der Waals surface area (Å²) in [6.45, 7) is 0. The van der Waals surface area contributed by atoms with Crippen LogP contribution in [-0.2, 0) is 6.42 Å². The predicted octanol–water partition coefficient (Wildman–Crippen LogP) is 2.88. The summed E-state index contributed by atoms with van der Waals surface area (Å²) in [6.07, 6.45) is 2.97. The van der Waals surface area contributed by atoms with E-state index >= 15 is 0 Å². The van der Waals surface area contributed by atoms with E-state index in [0.717, 1.165) is 35.2 Å². The van der Waals surface area contributed by atoms with Crippen LogP contribution in [0.25, 0.3) is 5.57 Å². The van der Waals surface area contributed by atoms with E-state index in [1.165, 1.54) is 6.26 Å². The van der Waals surface area contributed by atoms with Crippen LogP contribution in [0.4, 0.5) is 5.69 Å². The van der Waals surface area contributed by atoms with Crippen molar-refractivity contribution in [1.82, 2.24) is 0 Å². The third-order valence-electron chi connectivity index (χ3n) is 2.58. The van der Waals surface area contributed by atoms with E-state index < -0.39 is 0 Å². The molecule has 0 saturated carbocycles. The van der Waals surface area contributed by atoms with Gasteiger partial charge in [0, 0.05) is 10.5 Å². The molecule has 0 heterocycles. The van der Waals surface area contributed by atoms with Crippen molar-refractivity contribution < 1.29 is 5.11 Å². The van der Waals surface area contributed by atoms with Crippen molar-refractivity contribution in [3.05, 3.63) is 35.6 Å². The summed E-state index contributed by atoms with van der Waals surface area (Å²) in [4.78, 5) is 0.373. The van der Waals surface area contributed by atoms with Crippen LogP contribution in [0, 0.1) is 0 Å². The number of rotatable bonds is 0. The number of halogens is 1. The second-order valence-corrected chi connectivity index (χ2v) is 4.83. The summed E-state index contributed by atoms with van der Waals surface area (Å²) in [5.41, 5.74) is 9.89. The zero-order chi connectivity index (χ0) is 10.1. The molecule has 0 aliphatic heterocycles. The zero-order valence-electron chi connectivity index (χ0n) is 7.70. The molecule has 1 aromatic rings. The lowest BCUT2D eigenvalue weighted by atomic mass is 9.87. The molecule has 1 aromatic carbocycles. The molecule has 0 fully saturated rings. The largest absolute Gasteiger partial charge is 0.515 e. The highest BCUT2D eigenvalue weighted by atomic mass is 79.9. The minimum Gasteiger partial charge on any atom is -0.515 e. The lowest BCUT2D eigenvalue weighted by Crippen LogP contribution is -2.14. The smallest absolute Gasteiger partial charge is 0.0830 e. The molecule has 1 unspecified atom stereocenters. The lowest BCUT2D eigenvalue weighted by Gasteiger charge is -2.23. The second-order valence-electron chi connectivity index (χ2n) is 3.53. The first-order valence-corrected chi connectivity index (χ1v) is 5.49. The molecule has 0 bridgehead atoms. The number of nitrogens with two attached hydrogens (primary N) is 1. The van der Waals surface area contributed by atoms with E-state index in [-0.39, 0.29) is 0 Å². The van der Waals surface area contributed by atoms with Gasteiger partial charge in [-0.3, -0.25) is 0 Å². The van der Waals surface area contributed by atoms with Crippen LogP contribution in [0.2, 0.25) is 0 Å². The van der Waals surface area contributed by atoms with Crippen LogP contribution >= 0.6 is 15.9 Å². The minimum absolute atomic E-state index is 0.373. The Morgan fingerprint density at radius 2 is 2.21 bits per heavy atom. The summed E-state index contributed by atoms with van der Waals surface area (Å²) < 4.78 is 0. The fourth-order valence-electron chi connectivity index (χ4n) is 1.90. The van der Waals surface area contributed by atoms with Crippen LogP contribution < -0.4 is 5.73 Å². The Labute approximate surface area is 91.6 Å². The second kappa shape index (κ2) is 3.65. The Kier molecular flexibility index (Phi) is 2.50. The molecule has 2 rings (SSSR count). The van der Waals surface area contributed by atoms with Crippen molar-refractivity contribution in [2.24, 2.45) is 0 Å². The van der Waals surface area contributed by atoms with E-state index in [2.05, 4.69) is 15.9 Å². The topological polar surface area (TPSA) is 46.2 Å². The first-order valence-electron chi connectivity index (χ1n) is 4.57. The molecular weight excluding hydrogens is 242 g/mol. The molecule has 1 atom stereocenters. The van der Waals surface area contributed by atoms with Gasteiger partial charge in [-0.25, -0.2) is 0 Å². The van der Waals surface area contributed by atoms with Gasteiger partial charge in [-0.1, -0.05) is 28.1 Å². The zero-order valence-corrected chi connectivity index (χ0v) is 9.29. The molecule has 74 valence electrons. The SMILES string of the molecule is Nc1cccc2c1CC(Br)C/C2=C\O. The van der Waals surface area contributed by atoms with Gasteiger partial charge in [0.05, 0.1) is 6.26 Å². The maximum absolute atomic E-state index is 9.12. The Morgan fingerprint density at radius 3 is 2.93 bits per heavy atom. The molecule has 0 aromatic heterocycles. The van der Waals surface area contributed by atoms with E-state index in [0.29, 0.717) is 4.83 Å². The lowest BCUT2D eigenvalue weighted by molar-refractivity contribution is 0.473. The number of allylic oxidation sites excluding steroid dienone is 1. The van der Waals surface area contributed by atoms with Gasteiger partial charge in [0.15, 0.2) is 0 Å². The number of benzene rings is 1. The van der Waals surface area contributed by atoms with Crippen molar-refractivity contribution in [3.63, 3.8) is 0 Å². The number of alkyl halides is 1. The van der Waals surface area contributed by atoms with Gasteiger partial charge in [-0.2, -0.15) is 0 Å². The highest BCUT2D eigenvalue weighted by molar-refractivity contribution is 9.09. The maximum atomic E-state index is 9.12. The number of nitrogen functional groups attached to an aromatic ring is 1. The number of hydrogen-bond acceptors (Lipinski definition) is 2. The van der Waals surface area contributed by atoms with Gasteiger partial charge < -0.3 is 10.8 Å². The van der Waals surface area contributed by atoms with E-state index in [4.69, 9.17) is 10.8 Å². The molecule has 1 aliphatic rings. The maximum Gasteiger partial charge on any atom is 0.0830 e. The van der Waals surface area contributed by atoms with E-state index in [1.54, 1.807) is 0 Å². The minimum atomic E-state index is 0.373. The Balaban J connectivity index is 2.57. The first-order chi connectivity index (χ1) is 6.72. The average Bonchev–Trinajstić information content (AvgIpc) is 2.18. The van der Waals surface area contributed by atoms with E-state index in [1.807, 2.05) is 18.2 Å². The molecular formula is C11H12BrNO. The Morgan fingerprint density at radius 1 is 1.43 bits per heavy atom. The van der Waals surface area contributed by atoms with Crippen LogP contribution in [0.3, 0.4) is 0 Å². The Bertz CT molecular complexity index is 387. The van der Waals surface area contributed by atoms with Gasteiger partial charge in [0.25, 0.3) is 0 Å². The van der Waals surface area contributed by atoms with Gasteiger partial charge in [-0.15, -0.1) is 0 Å². The first kappa shape index (κ1) is 9.59. The standard InChI is InChI=1S/C11H12BrNO/c12-8-4-7(6-14)9-2-1-3-11(13)10(9)5-8/h1-3,6,8,14H,4-5,13H2/b7-6+. The third kappa shape index (κ3) is 1.52. The fourth-order valence-corrected chi connectivity index (χ4v) is 2.57. The summed E-state index contributed by atoms with van der Waals surface area (Å²) in [5.74, 6) is 0. The molecule has 0 radical (unpaired) electrons. The third-order valence-corrected chi connectivity index (χ3v) is 3.23. The van der Waals surface area contributed by atoms with Crippen molar-refractivity contribution in [1.29, 1.82) is 0 Å². The quantitative estimate of drug-likeness (QED) is 0.425. The van der Waals surface area contributed by atoms with Crippen molar-refractivity contribution in [3.8, 4) is 0 Å². The van der Waals surface area contributed by atoms with Crippen molar-refractivity contribution in [2.75, 3.05) is 5.73 Å².